The monoisotopic (exact) mass is 374 g/mol. The van der Waals surface area contributed by atoms with Gasteiger partial charge in [-0.3, -0.25) is 13.9 Å². The van der Waals surface area contributed by atoms with Gasteiger partial charge in [-0.2, -0.15) is 0 Å². The van der Waals surface area contributed by atoms with Crippen LogP contribution in [-0.4, -0.2) is 40.6 Å². The number of aliphatic hydroxyl groups excluding tert-OH is 1. The molecular weight excluding hydrogens is 352 g/mol. The van der Waals surface area contributed by atoms with Crippen LogP contribution in [0.3, 0.4) is 0 Å². The number of aliphatic hydroxyl groups is 1. The van der Waals surface area contributed by atoms with Gasteiger partial charge in [0.25, 0.3) is 5.56 Å². The number of aromatic hydroxyl groups is 2. The largest absolute Gasteiger partial charge is 0.504 e. The molecule has 0 bridgehead atoms. The summed E-state index contributed by atoms with van der Waals surface area (Å²) in [5.41, 5.74) is 0.485. The summed E-state index contributed by atoms with van der Waals surface area (Å²) in [4.78, 5) is 29.7. The molecule has 0 saturated heterocycles. The number of hydrogen-bond acceptors (Lipinski definition) is 6. The van der Waals surface area contributed by atoms with Crippen molar-refractivity contribution in [1.82, 2.24) is 18.7 Å². The standard InChI is InChI=1S/C18H22N4O5/c1-3-21-16-15(17(26)22(8-9-23)18(21)27)20(2)14(19-16)7-5-11-4-6-12(24)13(25)10-11/h4,6,10,23-25H,3,5,7-9H2,1-2H3. The lowest BCUT2D eigenvalue weighted by Crippen LogP contribution is -2.41. The third-order valence-electron chi connectivity index (χ3n) is 4.65. The number of phenols is 2. The molecule has 0 radical (unpaired) electrons. The summed E-state index contributed by atoms with van der Waals surface area (Å²) >= 11 is 0. The van der Waals surface area contributed by atoms with Crippen molar-refractivity contribution in [3.05, 3.63) is 50.4 Å². The highest BCUT2D eigenvalue weighted by molar-refractivity contribution is 5.71. The first-order chi connectivity index (χ1) is 12.9. The van der Waals surface area contributed by atoms with Crippen molar-refractivity contribution in [2.24, 2.45) is 7.05 Å². The molecule has 0 saturated carbocycles. The summed E-state index contributed by atoms with van der Waals surface area (Å²) in [6, 6.07) is 4.60. The van der Waals surface area contributed by atoms with Crippen LogP contribution in [0.25, 0.3) is 11.2 Å². The number of nitrogens with zero attached hydrogens (tertiary/aromatic N) is 4. The van der Waals surface area contributed by atoms with Crippen molar-refractivity contribution < 1.29 is 15.3 Å². The normalized spacial score (nSPS) is 11.4. The minimum Gasteiger partial charge on any atom is -0.504 e. The van der Waals surface area contributed by atoms with Gasteiger partial charge in [0.1, 0.15) is 5.82 Å². The van der Waals surface area contributed by atoms with Crippen LogP contribution >= 0.6 is 0 Å². The van der Waals surface area contributed by atoms with Crippen molar-refractivity contribution in [3.63, 3.8) is 0 Å². The van der Waals surface area contributed by atoms with E-state index in [0.29, 0.717) is 36.4 Å². The van der Waals surface area contributed by atoms with Crippen LogP contribution in [0.15, 0.2) is 27.8 Å². The van der Waals surface area contributed by atoms with Gasteiger partial charge in [0, 0.05) is 20.0 Å². The topological polar surface area (TPSA) is 123 Å². The Hall–Kier alpha value is -3.07. The summed E-state index contributed by atoms with van der Waals surface area (Å²) in [5.74, 6) is 0.250. The molecule has 3 N–H and O–H groups in total. The number of aryl methyl sites for hydroxylation is 4. The summed E-state index contributed by atoms with van der Waals surface area (Å²) in [6.45, 7) is 1.77. The van der Waals surface area contributed by atoms with Gasteiger partial charge in [-0.25, -0.2) is 9.78 Å². The quantitative estimate of drug-likeness (QED) is 0.526. The molecule has 27 heavy (non-hydrogen) atoms. The van der Waals surface area contributed by atoms with Crippen LogP contribution in [0.5, 0.6) is 11.5 Å². The molecule has 9 heteroatoms. The number of imidazole rings is 1. The predicted molar refractivity (Wildman–Crippen MR) is 99.2 cm³/mol. The lowest BCUT2D eigenvalue weighted by Gasteiger charge is -2.09. The Morgan fingerprint density at radius 1 is 1.07 bits per heavy atom. The van der Waals surface area contributed by atoms with Gasteiger partial charge in [0.2, 0.25) is 0 Å². The van der Waals surface area contributed by atoms with Gasteiger partial charge in [-0.1, -0.05) is 6.07 Å². The number of hydrogen-bond donors (Lipinski definition) is 3. The summed E-state index contributed by atoms with van der Waals surface area (Å²) < 4.78 is 4.11. The summed E-state index contributed by atoms with van der Waals surface area (Å²) in [6.07, 6.45) is 1.01. The lowest BCUT2D eigenvalue weighted by atomic mass is 10.1. The molecule has 144 valence electrons. The fraction of sp³-hybridized carbons (Fsp3) is 0.389. The maximum atomic E-state index is 12.7. The second-order valence-electron chi connectivity index (χ2n) is 6.29. The van der Waals surface area contributed by atoms with Crippen LogP contribution in [0, 0.1) is 0 Å². The van der Waals surface area contributed by atoms with Crippen LogP contribution < -0.4 is 11.2 Å². The maximum absolute atomic E-state index is 12.7. The molecule has 0 aliphatic rings. The molecular formula is C18H22N4O5. The van der Waals surface area contributed by atoms with E-state index in [1.807, 2.05) is 0 Å². The van der Waals surface area contributed by atoms with Gasteiger partial charge >= 0.3 is 5.69 Å². The Bertz CT molecular complexity index is 1110. The van der Waals surface area contributed by atoms with E-state index in [2.05, 4.69) is 4.98 Å². The molecule has 0 unspecified atom stereocenters. The fourth-order valence-electron chi connectivity index (χ4n) is 3.19. The Balaban J connectivity index is 2.06. The molecule has 0 spiro atoms. The van der Waals surface area contributed by atoms with Crippen LogP contribution in [-0.2, 0) is 33.0 Å². The highest BCUT2D eigenvalue weighted by Gasteiger charge is 2.19. The molecule has 0 fully saturated rings. The molecule has 3 aromatic rings. The van der Waals surface area contributed by atoms with Gasteiger partial charge < -0.3 is 19.9 Å². The molecule has 0 aliphatic carbocycles. The first-order valence-electron chi connectivity index (χ1n) is 8.69. The molecule has 9 nitrogen and oxygen atoms in total. The van der Waals surface area contributed by atoms with Crippen LogP contribution in [0.4, 0.5) is 0 Å². The van der Waals surface area contributed by atoms with E-state index in [0.717, 1.165) is 10.1 Å². The zero-order valence-corrected chi connectivity index (χ0v) is 15.2. The van der Waals surface area contributed by atoms with Crippen molar-refractivity contribution in [1.29, 1.82) is 0 Å². The van der Waals surface area contributed by atoms with Crippen molar-refractivity contribution in [2.75, 3.05) is 6.61 Å². The highest BCUT2D eigenvalue weighted by Crippen LogP contribution is 2.25. The third kappa shape index (κ3) is 3.21. The highest BCUT2D eigenvalue weighted by atomic mass is 16.3. The smallest absolute Gasteiger partial charge is 0.332 e. The Morgan fingerprint density at radius 2 is 1.81 bits per heavy atom. The fourth-order valence-corrected chi connectivity index (χ4v) is 3.19. The van der Waals surface area contributed by atoms with Gasteiger partial charge in [-0.15, -0.1) is 0 Å². The number of benzene rings is 1. The van der Waals surface area contributed by atoms with Gasteiger partial charge in [0.15, 0.2) is 22.7 Å². The average molecular weight is 374 g/mol. The minimum atomic E-state index is -0.489. The Kier molecular flexibility index (Phi) is 5.04. The van der Waals surface area contributed by atoms with Gasteiger partial charge in [0.05, 0.1) is 13.2 Å². The molecule has 2 heterocycles. The van der Waals surface area contributed by atoms with Crippen molar-refractivity contribution >= 4 is 11.2 Å². The number of fused-ring (bicyclic) bond motifs is 1. The molecule has 1 aromatic carbocycles. The number of rotatable bonds is 6. The van der Waals surface area contributed by atoms with Gasteiger partial charge in [-0.05, 0) is 31.0 Å². The molecule has 0 aliphatic heterocycles. The zero-order valence-electron chi connectivity index (χ0n) is 15.2. The van der Waals surface area contributed by atoms with E-state index >= 15 is 0 Å². The minimum absolute atomic E-state index is 0.0685. The van der Waals surface area contributed by atoms with E-state index in [9.17, 15) is 19.8 Å². The summed E-state index contributed by atoms with van der Waals surface area (Å²) in [5, 5.41) is 28.2. The maximum Gasteiger partial charge on any atom is 0.332 e. The number of phenolic OH excluding ortho intramolecular Hbond substituents is 2. The molecule has 3 rings (SSSR count). The second kappa shape index (κ2) is 7.28. The first-order valence-corrected chi connectivity index (χ1v) is 8.69. The Labute approximate surface area is 154 Å². The third-order valence-corrected chi connectivity index (χ3v) is 4.65. The van der Waals surface area contributed by atoms with E-state index < -0.39 is 11.2 Å². The SMILES string of the molecule is CCn1c(=O)n(CCO)c(=O)c2c1nc(CCc1ccc(O)c(O)c1)n2C. The van der Waals surface area contributed by atoms with Crippen LogP contribution in [0.2, 0.25) is 0 Å². The van der Waals surface area contributed by atoms with E-state index in [1.54, 1.807) is 24.6 Å². The Morgan fingerprint density at radius 3 is 2.44 bits per heavy atom. The molecule has 0 atom stereocenters. The van der Waals surface area contributed by atoms with E-state index in [4.69, 9.17) is 5.11 Å². The van der Waals surface area contributed by atoms with E-state index in [1.165, 1.54) is 16.7 Å². The second-order valence-corrected chi connectivity index (χ2v) is 6.29. The van der Waals surface area contributed by atoms with Crippen LogP contribution in [0.1, 0.15) is 18.3 Å². The number of aromatic nitrogens is 4. The summed E-state index contributed by atoms with van der Waals surface area (Å²) in [7, 11) is 1.72. The molecule has 2 aromatic heterocycles. The predicted octanol–water partition coefficient (Wildman–Crippen LogP) is 0.105. The first kappa shape index (κ1) is 18.7. The zero-order chi connectivity index (χ0) is 19.7. The molecule has 0 amide bonds. The average Bonchev–Trinajstić information content (AvgIpc) is 2.96. The van der Waals surface area contributed by atoms with Crippen molar-refractivity contribution in [3.8, 4) is 11.5 Å². The van der Waals surface area contributed by atoms with Crippen molar-refractivity contribution in [2.45, 2.75) is 32.9 Å². The lowest BCUT2D eigenvalue weighted by molar-refractivity contribution is 0.270. The van der Waals surface area contributed by atoms with E-state index in [-0.39, 0.29) is 24.7 Å².